The Bertz CT molecular complexity index is 971. The lowest BCUT2D eigenvalue weighted by Crippen LogP contribution is -2.37. The Morgan fingerprint density at radius 1 is 1.20 bits per heavy atom. The van der Waals surface area contributed by atoms with E-state index in [0.717, 1.165) is 44.8 Å². The zero-order valence-electron chi connectivity index (χ0n) is 16.8. The summed E-state index contributed by atoms with van der Waals surface area (Å²) in [6.07, 6.45) is 11.3. The topological polar surface area (TPSA) is 60.3 Å². The molecule has 2 aromatic rings. The average Bonchev–Trinajstić information content (AvgIpc) is 3.12. The zero-order valence-corrected chi connectivity index (χ0v) is 17.5. The maximum Gasteiger partial charge on any atom is 0.294 e. The van der Waals surface area contributed by atoms with Crippen molar-refractivity contribution in [2.75, 3.05) is 39.5 Å². The fraction of sp³-hybridized carbons (Fsp3) is 0.304. The third-order valence-corrected chi connectivity index (χ3v) is 4.96. The van der Waals surface area contributed by atoms with E-state index in [9.17, 15) is 9.59 Å². The summed E-state index contributed by atoms with van der Waals surface area (Å²) in [4.78, 5) is 26.4. The van der Waals surface area contributed by atoms with Crippen LogP contribution in [0.3, 0.4) is 0 Å². The summed E-state index contributed by atoms with van der Waals surface area (Å²) in [5.74, 6) is -0.133. The Labute approximate surface area is 181 Å². The van der Waals surface area contributed by atoms with E-state index in [1.165, 1.54) is 0 Å². The van der Waals surface area contributed by atoms with Gasteiger partial charge in [-0.05, 0) is 36.2 Å². The van der Waals surface area contributed by atoms with Crippen LogP contribution < -0.4 is 4.74 Å². The number of carbonyl (C=O) groups excluding carboxylic acids is 2. The molecule has 6 nitrogen and oxygen atoms in total. The maximum atomic E-state index is 12.4. The van der Waals surface area contributed by atoms with Crippen molar-refractivity contribution < 1.29 is 19.1 Å². The molecule has 158 valence electrons. The molecule has 0 N–H and O–H groups in total. The van der Waals surface area contributed by atoms with Gasteiger partial charge >= 0.3 is 0 Å². The van der Waals surface area contributed by atoms with Gasteiger partial charge in [0.1, 0.15) is 11.4 Å². The summed E-state index contributed by atoms with van der Waals surface area (Å²) in [6.45, 7) is 8.58. The Balaban J connectivity index is 1.75. The van der Waals surface area contributed by atoms with Gasteiger partial charge in [-0.2, -0.15) is 0 Å². The lowest BCUT2D eigenvalue weighted by atomic mass is 10.1. The first-order valence-electron chi connectivity index (χ1n) is 9.88. The van der Waals surface area contributed by atoms with Crippen molar-refractivity contribution in [3.63, 3.8) is 0 Å². The molecule has 3 heterocycles. The van der Waals surface area contributed by atoms with Crippen LogP contribution in [0.1, 0.15) is 22.5 Å². The lowest BCUT2D eigenvalue weighted by Gasteiger charge is -2.26. The Morgan fingerprint density at radius 3 is 2.73 bits per heavy atom. The summed E-state index contributed by atoms with van der Waals surface area (Å²) >= 11 is 5.49. The number of ketones is 1. The highest BCUT2D eigenvalue weighted by atomic mass is 35.5. The normalized spacial score (nSPS) is 15.2. The highest BCUT2D eigenvalue weighted by molar-refractivity contribution is 6.83. The summed E-state index contributed by atoms with van der Waals surface area (Å²) in [6, 6.07) is 5.53. The second-order valence-corrected chi connectivity index (χ2v) is 7.19. The van der Waals surface area contributed by atoms with Crippen LogP contribution in [0.25, 0.3) is 11.6 Å². The van der Waals surface area contributed by atoms with E-state index in [0.29, 0.717) is 17.9 Å². The molecule has 1 fully saturated rings. The van der Waals surface area contributed by atoms with Gasteiger partial charge in [-0.1, -0.05) is 37.0 Å². The van der Waals surface area contributed by atoms with E-state index < -0.39 is 11.0 Å². The summed E-state index contributed by atoms with van der Waals surface area (Å²) in [5, 5.41) is -1.02. The highest BCUT2D eigenvalue weighted by Gasteiger charge is 2.21. The molecule has 0 aromatic carbocycles. The molecule has 2 aromatic heterocycles. The Kier molecular flexibility index (Phi) is 8.02. The first kappa shape index (κ1) is 22.0. The van der Waals surface area contributed by atoms with Crippen LogP contribution in [0.15, 0.2) is 55.3 Å². The minimum atomic E-state index is -1.02. The van der Waals surface area contributed by atoms with Crippen LogP contribution in [-0.4, -0.2) is 59.8 Å². The molecule has 0 spiro atoms. The molecule has 0 amide bonds. The molecule has 1 saturated heterocycles. The van der Waals surface area contributed by atoms with Gasteiger partial charge in [0.25, 0.3) is 11.0 Å². The SMILES string of the molecule is C=C/C=C\C=C\c1cc2ccc(OCCCN3CCOCC3)cn2c1C(=O)C(=O)Cl. The molecular weight excluding hydrogens is 404 g/mol. The van der Waals surface area contributed by atoms with Crippen molar-refractivity contribution in [3.05, 3.63) is 66.5 Å². The number of morpholine rings is 1. The zero-order chi connectivity index (χ0) is 21.3. The molecule has 3 rings (SSSR count). The van der Waals surface area contributed by atoms with Crippen molar-refractivity contribution in [2.24, 2.45) is 0 Å². The Hall–Kier alpha value is -2.67. The minimum absolute atomic E-state index is 0.215. The monoisotopic (exact) mass is 428 g/mol. The first-order chi connectivity index (χ1) is 14.6. The number of fused-ring (bicyclic) bond motifs is 1. The molecule has 1 aliphatic rings. The quantitative estimate of drug-likeness (QED) is 0.190. The van der Waals surface area contributed by atoms with E-state index >= 15 is 0 Å². The summed E-state index contributed by atoms with van der Waals surface area (Å²) < 4.78 is 12.9. The lowest BCUT2D eigenvalue weighted by molar-refractivity contribution is -0.108. The van der Waals surface area contributed by atoms with Gasteiger partial charge in [0, 0.05) is 30.7 Å². The number of carbonyl (C=O) groups is 2. The highest BCUT2D eigenvalue weighted by Crippen LogP contribution is 2.23. The summed E-state index contributed by atoms with van der Waals surface area (Å²) in [7, 11) is 0. The molecule has 0 radical (unpaired) electrons. The predicted octanol–water partition coefficient (Wildman–Crippen LogP) is 3.74. The van der Waals surface area contributed by atoms with Crippen molar-refractivity contribution in [3.8, 4) is 5.75 Å². The van der Waals surface area contributed by atoms with Gasteiger partial charge in [-0.15, -0.1) is 0 Å². The molecule has 7 heteroatoms. The van der Waals surface area contributed by atoms with E-state index in [1.54, 1.807) is 41.0 Å². The number of hydrogen-bond donors (Lipinski definition) is 0. The fourth-order valence-electron chi connectivity index (χ4n) is 3.32. The van der Waals surface area contributed by atoms with Gasteiger partial charge in [-0.25, -0.2) is 0 Å². The maximum absolute atomic E-state index is 12.4. The molecule has 30 heavy (non-hydrogen) atoms. The number of rotatable bonds is 10. The van der Waals surface area contributed by atoms with E-state index in [4.69, 9.17) is 21.1 Å². The van der Waals surface area contributed by atoms with Crippen LogP contribution in [0.5, 0.6) is 5.75 Å². The molecule has 0 bridgehead atoms. The largest absolute Gasteiger partial charge is 0.492 e. The van der Waals surface area contributed by atoms with Gasteiger partial charge < -0.3 is 13.9 Å². The van der Waals surface area contributed by atoms with Crippen LogP contribution in [-0.2, 0) is 9.53 Å². The van der Waals surface area contributed by atoms with Gasteiger partial charge in [0.15, 0.2) is 0 Å². The number of Topliss-reactive ketones (excluding diaryl/α,β-unsaturated/α-hetero) is 1. The van der Waals surface area contributed by atoms with E-state index in [2.05, 4.69) is 11.5 Å². The van der Waals surface area contributed by atoms with Crippen molar-refractivity contribution in [1.29, 1.82) is 0 Å². The first-order valence-corrected chi connectivity index (χ1v) is 10.3. The number of halogens is 1. The van der Waals surface area contributed by atoms with Crippen LogP contribution in [0.2, 0.25) is 0 Å². The average molecular weight is 429 g/mol. The molecule has 0 unspecified atom stereocenters. The van der Waals surface area contributed by atoms with Crippen molar-refractivity contribution >= 4 is 34.2 Å². The molecule has 0 atom stereocenters. The summed E-state index contributed by atoms with van der Waals surface area (Å²) in [5.41, 5.74) is 1.59. The van der Waals surface area contributed by atoms with Gasteiger partial charge in [0.05, 0.1) is 26.0 Å². The standard InChI is InChI=1S/C23H25ClN2O4/c1-2-3-4-5-7-18-16-19-8-9-20(17-26(19)21(18)22(27)23(24)28)30-13-6-10-25-11-14-29-15-12-25/h2-5,7-9,16-17H,1,6,10-15H2/b4-3-,7-5+. The molecular formula is C23H25ClN2O4. The second-order valence-electron chi connectivity index (χ2n) is 6.85. The number of nitrogens with zero attached hydrogens (tertiary/aromatic N) is 2. The Morgan fingerprint density at radius 2 is 2.00 bits per heavy atom. The number of ether oxygens (including phenoxy) is 2. The number of pyridine rings is 1. The smallest absolute Gasteiger partial charge is 0.294 e. The molecule has 0 aliphatic carbocycles. The van der Waals surface area contributed by atoms with Crippen molar-refractivity contribution in [2.45, 2.75) is 6.42 Å². The van der Waals surface area contributed by atoms with Gasteiger partial charge in [-0.3, -0.25) is 14.5 Å². The predicted molar refractivity (Wildman–Crippen MR) is 118 cm³/mol. The van der Waals surface area contributed by atoms with E-state index in [-0.39, 0.29) is 5.69 Å². The molecule has 1 aliphatic heterocycles. The third kappa shape index (κ3) is 5.69. The fourth-order valence-corrected chi connectivity index (χ4v) is 3.41. The van der Waals surface area contributed by atoms with Crippen LogP contribution >= 0.6 is 11.6 Å². The minimum Gasteiger partial charge on any atom is -0.492 e. The van der Waals surface area contributed by atoms with Gasteiger partial charge in [0.2, 0.25) is 0 Å². The van der Waals surface area contributed by atoms with E-state index in [1.807, 2.05) is 18.2 Å². The van der Waals surface area contributed by atoms with Crippen molar-refractivity contribution in [1.82, 2.24) is 9.30 Å². The second kappa shape index (κ2) is 10.9. The number of hydrogen-bond acceptors (Lipinski definition) is 5. The number of aromatic nitrogens is 1. The number of allylic oxidation sites excluding steroid dienone is 4. The third-order valence-electron chi connectivity index (χ3n) is 4.79. The van der Waals surface area contributed by atoms with Crippen LogP contribution in [0, 0.1) is 0 Å². The molecule has 0 saturated carbocycles. The van der Waals surface area contributed by atoms with Crippen LogP contribution in [0.4, 0.5) is 0 Å².